The number of carbonyl (C=O) groups is 1. The molecule has 0 aliphatic heterocycles. The topological polar surface area (TPSA) is 77.2 Å². The van der Waals surface area contributed by atoms with Gasteiger partial charge in [-0.05, 0) is 40.3 Å². The Hall–Kier alpha value is -3.78. The maximum atomic E-state index is 12.1. The zero-order valence-electron chi connectivity index (χ0n) is 15.9. The molecule has 1 aromatic heterocycles. The Morgan fingerprint density at radius 1 is 1.03 bits per heavy atom. The molecule has 0 bridgehead atoms. The van der Waals surface area contributed by atoms with Crippen LogP contribution >= 0.6 is 0 Å². The minimum Gasteiger partial charge on any atom is -0.449 e. The lowest BCUT2D eigenvalue weighted by atomic mass is 9.98. The Morgan fingerprint density at radius 3 is 2.41 bits per heavy atom. The Morgan fingerprint density at radius 2 is 1.72 bits per heavy atom. The third-order valence-corrected chi connectivity index (χ3v) is 4.91. The number of hydrogen-bond donors (Lipinski definition) is 2. The first-order valence-corrected chi connectivity index (χ1v) is 9.52. The van der Waals surface area contributed by atoms with Gasteiger partial charge in [-0.2, -0.15) is 0 Å². The highest BCUT2D eigenvalue weighted by Gasteiger charge is 2.28. The molecule has 0 saturated heterocycles. The maximum absolute atomic E-state index is 12.1. The maximum Gasteiger partial charge on any atom is 0.407 e. The number of hydrogen-bond acceptors (Lipinski definition) is 4. The number of rotatable bonds is 4. The van der Waals surface area contributed by atoms with Gasteiger partial charge in [-0.3, -0.25) is 0 Å². The standard InChI is InChI=1S/C24H21N3O2/c25-22-12-7-15-26-23(22)13-5-6-14-27-24(28)29-16-21-19-10-3-1-8-17(19)18-9-2-4-11-20(18)21/h1-4,7-12,15,21H,6,14,16,25H2,(H,27,28). The van der Waals surface area contributed by atoms with E-state index < -0.39 is 6.09 Å². The van der Waals surface area contributed by atoms with E-state index in [0.29, 0.717) is 31.0 Å². The van der Waals surface area contributed by atoms with E-state index in [2.05, 4.69) is 46.4 Å². The number of nitrogen functional groups attached to an aromatic ring is 1. The smallest absolute Gasteiger partial charge is 0.407 e. The molecule has 1 aliphatic carbocycles. The molecule has 1 aliphatic rings. The summed E-state index contributed by atoms with van der Waals surface area (Å²) < 4.78 is 5.49. The number of ether oxygens (including phenoxy) is 1. The predicted octanol–water partition coefficient (Wildman–Crippen LogP) is 3.94. The van der Waals surface area contributed by atoms with E-state index in [9.17, 15) is 4.79 Å². The van der Waals surface area contributed by atoms with E-state index in [-0.39, 0.29) is 5.92 Å². The fraction of sp³-hybridized carbons (Fsp3) is 0.167. The Labute approximate surface area is 169 Å². The first-order chi connectivity index (χ1) is 14.2. The number of alkyl carbamates (subject to hydrolysis) is 1. The summed E-state index contributed by atoms with van der Waals surface area (Å²) in [4.78, 5) is 16.2. The molecule has 4 rings (SSSR count). The molecular formula is C24H21N3O2. The monoisotopic (exact) mass is 383 g/mol. The second-order valence-corrected chi connectivity index (χ2v) is 6.75. The molecule has 0 unspecified atom stereocenters. The molecular weight excluding hydrogens is 362 g/mol. The van der Waals surface area contributed by atoms with Crippen molar-refractivity contribution in [1.29, 1.82) is 0 Å². The lowest BCUT2D eigenvalue weighted by molar-refractivity contribution is 0.143. The molecule has 0 atom stereocenters. The highest BCUT2D eigenvalue weighted by Crippen LogP contribution is 2.44. The molecule has 3 aromatic rings. The second kappa shape index (κ2) is 8.49. The minimum atomic E-state index is -0.439. The van der Waals surface area contributed by atoms with Gasteiger partial charge in [-0.1, -0.05) is 54.5 Å². The van der Waals surface area contributed by atoms with Crippen LogP contribution in [-0.2, 0) is 4.74 Å². The van der Waals surface area contributed by atoms with Gasteiger partial charge >= 0.3 is 6.09 Å². The van der Waals surface area contributed by atoms with E-state index in [1.54, 1.807) is 18.3 Å². The number of nitrogens with one attached hydrogen (secondary N) is 1. The SMILES string of the molecule is Nc1cccnc1C#CCCNC(=O)OCC1c2ccccc2-c2ccccc21. The van der Waals surface area contributed by atoms with Crippen LogP contribution in [0.3, 0.4) is 0 Å². The third-order valence-electron chi connectivity index (χ3n) is 4.91. The lowest BCUT2D eigenvalue weighted by Crippen LogP contribution is -2.26. The molecule has 0 spiro atoms. The molecule has 5 nitrogen and oxygen atoms in total. The number of aromatic nitrogens is 1. The summed E-state index contributed by atoms with van der Waals surface area (Å²) in [7, 11) is 0. The van der Waals surface area contributed by atoms with Crippen LogP contribution in [0.1, 0.15) is 29.2 Å². The van der Waals surface area contributed by atoms with Gasteiger partial charge in [0.1, 0.15) is 12.3 Å². The molecule has 1 heterocycles. The van der Waals surface area contributed by atoms with Gasteiger partial charge in [0.2, 0.25) is 0 Å². The summed E-state index contributed by atoms with van der Waals surface area (Å²) in [5.74, 6) is 5.92. The van der Waals surface area contributed by atoms with Gasteiger partial charge in [0.25, 0.3) is 0 Å². The molecule has 2 aromatic carbocycles. The average Bonchev–Trinajstić information content (AvgIpc) is 3.07. The summed E-state index contributed by atoms with van der Waals surface area (Å²) >= 11 is 0. The Bertz CT molecular complexity index is 1050. The van der Waals surface area contributed by atoms with Crippen LogP contribution in [0, 0.1) is 11.8 Å². The van der Waals surface area contributed by atoms with Crippen LogP contribution in [-0.4, -0.2) is 24.2 Å². The van der Waals surface area contributed by atoms with Crippen molar-refractivity contribution in [2.45, 2.75) is 12.3 Å². The normalized spacial score (nSPS) is 11.7. The van der Waals surface area contributed by atoms with Crippen LogP contribution in [0.5, 0.6) is 0 Å². The largest absolute Gasteiger partial charge is 0.449 e. The number of nitrogens with two attached hydrogens (primary N) is 1. The van der Waals surface area contributed by atoms with E-state index in [0.717, 1.165) is 0 Å². The van der Waals surface area contributed by atoms with Crippen LogP contribution in [0.4, 0.5) is 10.5 Å². The van der Waals surface area contributed by atoms with Crippen LogP contribution in [0.25, 0.3) is 11.1 Å². The van der Waals surface area contributed by atoms with E-state index in [4.69, 9.17) is 10.5 Å². The molecule has 1 amide bonds. The van der Waals surface area contributed by atoms with Crippen LogP contribution in [0.15, 0.2) is 66.9 Å². The second-order valence-electron chi connectivity index (χ2n) is 6.75. The lowest BCUT2D eigenvalue weighted by Gasteiger charge is -2.14. The zero-order chi connectivity index (χ0) is 20.1. The summed E-state index contributed by atoms with van der Waals surface area (Å²) in [6, 6.07) is 20.0. The highest BCUT2D eigenvalue weighted by atomic mass is 16.5. The van der Waals surface area contributed by atoms with Crippen LogP contribution < -0.4 is 11.1 Å². The molecule has 3 N–H and O–H groups in total. The number of fused-ring (bicyclic) bond motifs is 3. The fourth-order valence-corrected chi connectivity index (χ4v) is 3.54. The molecule has 0 saturated carbocycles. The number of anilines is 1. The first-order valence-electron chi connectivity index (χ1n) is 9.52. The zero-order valence-corrected chi connectivity index (χ0v) is 15.9. The Kier molecular flexibility index (Phi) is 5.44. The number of nitrogens with zero attached hydrogens (tertiary/aromatic N) is 1. The molecule has 5 heteroatoms. The first kappa shape index (κ1) is 18.6. The number of amides is 1. The molecule has 29 heavy (non-hydrogen) atoms. The van der Waals surface area contributed by atoms with Crippen molar-refractivity contribution in [2.75, 3.05) is 18.9 Å². The summed E-state index contributed by atoms with van der Waals surface area (Å²) in [6.07, 6.45) is 1.70. The van der Waals surface area contributed by atoms with Crippen molar-refractivity contribution in [3.63, 3.8) is 0 Å². The van der Waals surface area contributed by atoms with Crippen LogP contribution in [0.2, 0.25) is 0 Å². The van der Waals surface area contributed by atoms with E-state index >= 15 is 0 Å². The number of pyridine rings is 1. The fourth-order valence-electron chi connectivity index (χ4n) is 3.54. The van der Waals surface area contributed by atoms with E-state index in [1.165, 1.54) is 22.3 Å². The van der Waals surface area contributed by atoms with Crippen molar-refractivity contribution < 1.29 is 9.53 Å². The third kappa shape index (κ3) is 4.07. The molecule has 0 radical (unpaired) electrons. The summed E-state index contributed by atoms with van der Waals surface area (Å²) in [5.41, 5.74) is 11.7. The van der Waals surface area contributed by atoms with E-state index in [1.807, 2.05) is 24.3 Å². The van der Waals surface area contributed by atoms with Crippen molar-refractivity contribution in [2.24, 2.45) is 0 Å². The number of benzene rings is 2. The van der Waals surface area contributed by atoms with Crippen molar-refractivity contribution in [1.82, 2.24) is 10.3 Å². The summed E-state index contributed by atoms with van der Waals surface area (Å²) in [5, 5.41) is 2.74. The van der Waals surface area contributed by atoms with Gasteiger partial charge in [-0.15, -0.1) is 0 Å². The predicted molar refractivity (Wildman–Crippen MR) is 113 cm³/mol. The quantitative estimate of drug-likeness (QED) is 0.528. The van der Waals surface area contributed by atoms with Gasteiger partial charge in [0.15, 0.2) is 0 Å². The molecule has 0 fully saturated rings. The van der Waals surface area contributed by atoms with Gasteiger partial charge < -0.3 is 15.8 Å². The summed E-state index contributed by atoms with van der Waals surface area (Å²) in [6.45, 7) is 0.701. The Balaban J connectivity index is 1.30. The van der Waals surface area contributed by atoms with Gasteiger partial charge in [0.05, 0.1) is 5.69 Å². The molecule has 144 valence electrons. The average molecular weight is 383 g/mol. The van der Waals surface area contributed by atoms with Crippen molar-refractivity contribution in [3.05, 3.63) is 83.7 Å². The number of carbonyl (C=O) groups excluding carboxylic acids is 1. The highest BCUT2D eigenvalue weighted by molar-refractivity contribution is 5.79. The van der Waals surface area contributed by atoms with Crippen molar-refractivity contribution in [3.8, 4) is 23.0 Å². The van der Waals surface area contributed by atoms with Crippen molar-refractivity contribution >= 4 is 11.8 Å². The van der Waals surface area contributed by atoms with Gasteiger partial charge in [-0.25, -0.2) is 9.78 Å². The van der Waals surface area contributed by atoms with Gasteiger partial charge in [0, 0.05) is 25.1 Å². The minimum absolute atomic E-state index is 0.0556.